The molecule has 2 heterocycles. The van der Waals surface area contributed by atoms with Crippen LogP contribution in [0.1, 0.15) is 32.8 Å². The van der Waals surface area contributed by atoms with E-state index < -0.39 is 17.2 Å². The van der Waals surface area contributed by atoms with Gasteiger partial charge < -0.3 is 9.52 Å². The van der Waals surface area contributed by atoms with Gasteiger partial charge in [-0.25, -0.2) is 0 Å². The summed E-state index contributed by atoms with van der Waals surface area (Å²) in [5.74, 6) is -1.14. The first-order valence-electron chi connectivity index (χ1n) is 8.02. The van der Waals surface area contributed by atoms with Gasteiger partial charge in [-0.2, -0.15) is 5.26 Å². The molecule has 0 fully saturated rings. The van der Waals surface area contributed by atoms with Gasteiger partial charge in [-0.1, -0.05) is 17.7 Å². The molecule has 0 aliphatic carbocycles. The molecule has 27 heavy (non-hydrogen) atoms. The van der Waals surface area contributed by atoms with Gasteiger partial charge in [-0.15, -0.1) is 6.58 Å². The van der Waals surface area contributed by atoms with E-state index in [0.29, 0.717) is 21.6 Å². The molecule has 0 unspecified atom stereocenters. The summed E-state index contributed by atoms with van der Waals surface area (Å²) in [6.45, 7) is 6.63. The molecule has 0 amide bonds. The molecule has 136 valence electrons. The van der Waals surface area contributed by atoms with Crippen molar-refractivity contribution in [2.24, 2.45) is 0 Å². The standard InChI is InChI=1S/C20H15ClN2O4/c1-4-7-23-19(25)14(9-22)10(2)16(20(23)26)17(24)18-11(3)13-8-12(21)5-6-15(13)27-18/h4-6,8,26H,1,7H2,2-3H3. The zero-order valence-electron chi connectivity index (χ0n) is 14.7. The Morgan fingerprint density at radius 1 is 1.41 bits per heavy atom. The molecule has 0 bridgehead atoms. The average molecular weight is 383 g/mol. The lowest BCUT2D eigenvalue weighted by atomic mass is 9.98. The highest BCUT2D eigenvalue weighted by atomic mass is 35.5. The van der Waals surface area contributed by atoms with Gasteiger partial charge in [0.15, 0.2) is 5.76 Å². The molecule has 0 aliphatic rings. The van der Waals surface area contributed by atoms with Gasteiger partial charge in [0.05, 0.1) is 5.56 Å². The summed E-state index contributed by atoms with van der Waals surface area (Å²) < 4.78 is 6.61. The number of aryl methyl sites for hydroxylation is 1. The number of allylic oxidation sites excluding steroid dienone is 1. The van der Waals surface area contributed by atoms with Crippen LogP contribution in [0.5, 0.6) is 5.88 Å². The number of halogens is 1. The summed E-state index contributed by atoms with van der Waals surface area (Å²) in [5, 5.41) is 21.1. The molecule has 0 saturated heterocycles. The molecule has 0 atom stereocenters. The molecule has 1 aromatic carbocycles. The van der Waals surface area contributed by atoms with Gasteiger partial charge >= 0.3 is 0 Å². The van der Waals surface area contributed by atoms with E-state index in [9.17, 15) is 20.0 Å². The highest BCUT2D eigenvalue weighted by Gasteiger charge is 2.28. The Morgan fingerprint density at radius 2 is 2.11 bits per heavy atom. The van der Waals surface area contributed by atoms with Crippen molar-refractivity contribution >= 4 is 28.4 Å². The van der Waals surface area contributed by atoms with Gasteiger partial charge in [0.1, 0.15) is 17.2 Å². The Kier molecular flexibility index (Phi) is 4.64. The second-order valence-corrected chi connectivity index (χ2v) is 6.48. The lowest BCUT2D eigenvalue weighted by Gasteiger charge is -2.13. The summed E-state index contributed by atoms with van der Waals surface area (Å²) in [6, 6.07) is 6.77. The zero-order chi connectivity index (χ0) is 19.9. The second-order valence-electron chi connectivity index (χ2n) is 6.04. The molecule has 3 rings (SSSR count). The van der Waals surface area contributed by atoms with Crippen molar-refractivity contribution in [3.63, 3.8) is 0 Å². The molecule has 3 aromatic rings. The van der Waals surface area contributed by atoms with Crippen LogP contribution in [0.15, 0.2) is 40.1 Å². The van der Waals surface area contributed by atoms with Gasteiger partial charge in [-0.3, -0.25) is 14.2 Å². The Balaban J connectivity index is 2.31. The minimum absolute atomic E-state index is 0.0124. The first-order valence-corrected chi connectivity index (χ1v) is 8.40. The van der Waals surface area contributed by atoms with Crippen molar-refractivity contribution in [3.05, 3.63) is 74.2 Å². The fourth-order valence-corrected chi connectivity index (χ4v) is 3.22. The quantitative estimate of drug-likeness (QED) is 0.546. The van der Waals surface area contributed by atoms with Crippen LogP contribution in [0.2, 0.25) is 5.02 Å². The number of nitrogens with zero attached hydrogens (tertiary/aromatic N) is 2. The highest BCUT2D eigenvalue weighted by Crippen LogP contribution is 2.32. The molecular formula is C20H15ClN2O4. The van der Waals surface area contributed by atoms with E-state index in [2.05, 4.69) is 6.58 Å². The number of nitriles is 1. The third-order valence-electron chi connectivity index (χ3n) is 4.44. The van der Waals surface area contributed by atoms with E-state index in [1.807, 2.05) is 0 Å². The number of rotatable bonds is 4. The molecule has 7 heteroatoms. The number of benzene rings is 1. The first kappa shape index (κ1) is 18.5. The summed E-state index contributed by atoms with van der Waals surface area (Å²) in [7, 11) is 0. The Bertz CT molecular complexity index is 1210. The van der Waals surface area contributed by atoms with Crippen molar-refractivity contribution in [1.29, 1.82) is 5.26 Å². The monoisotopic (exact) mass is 382 g/mol. The number of carbonyl (C=O) groups is 1. The molecule has 2 aromatic heterocycles. The summed E-state index contributed by atoms with van der Waals surface area (Å²) in [4.78, 5) is 25.5. The van der Waals surface area contributed by atoms with Crippen LogP contribution in [0.4, 0.5) is 0 Å². The predicted molar refractivity (Wildman–Crippen MR) is 101 cm³/mol. The zero-order valence-corrected chi connectivity index (χ0v) is 15.4. The van der Waals surface area contributed by atoms with E-state index in [0.717, 1.165) is 4.57 Å². The van der Waals surface area contributed by atoms with Crippen LogP contribution in [0.25, 0.3) is 11.0 Å². The molecule has 0 saturated carbocycles. The van der Waals surface area contributed by atoms with Crippen LogP contribution < -0.4 is 5.56 Å². The maximum absolute atomic E-state index is 13.2. The van der Waals surface area contributed by atoms with Gasteiger partial charge in [0.25, 0.3) is 5.56 Å². The Labute approximate surface area is 159 Å². The Morgan fingerprint density at radius 3 is 2.74 bits per heavy atom. The Hall–Kier alpha value is -3.30. The van der Waals surface area contributed by atoms with Crippen molar-refractivity contribution < 1.29 is 14.3 Å². The van der Waals surface area contributed by atoms with E-state index >= 15 is 0 Å². The number of pyridine rings is 1. The maximum atomic E-state index is 13.2. The van der Waals surface area contributed by atoms with E-state index in [-0.39, 0.29) is 29.0 Å². The molecule has 1 N–H and O–H groups in total. The number of carbonyl (C=O) groups excluding carboxylic acids is 1. The molecule has 6 nitrogen and oxygen atoms in total. The first-order chi connectivity index (χ1) is 12.8. The molecule has 0 aliphatic heterocycles. The van der Waals surface area contributed by atoms with Gasteiger partial charge in [0.2, 0.25) is 11.7 Å². The van der Waals surface area contributed by atoms with E-state index in [1.165, 1.54) is 13.0 Å². The SMILES string of the molecule is C=CCn1c(O)c(C(=O)c2oc3ccc(Cl)cc3c2C)c(C)c(C#N)c1=O. The largest absolute Gasteiger partial charge is 0.494 e. The van der Waals surface area contributed by atoms with Gasteiger partial charge in [-0.05, 0) is 37.6 Å². The normalized spacial score (nSPS) is 10.7. The lowest BCUT2D eigenvalue weighted by Crippen LogP contribution is -2.26. The average Bonchev–Trinajstić information content (AvgIpc) is 2.95. The van der Waals surface area contributed by atoms with Gasteiger partial charge in [0, 0.05) is 22.5 Å². The number of furan rings is 1. The smallest absolute Gasteiger partial charge is 0.271 e. The summed E-state index contributed by atoms with van der Waals surface area (Å²) in [5.41, 5.74) is 0.0740. The van der Waals surface area contributed by atoms with Crippen LogP contribution in [-0.2, 0) is 6.54 Å². The number of ketones is 1. The minimum Gasteiger partial charge on any atom is -0.494 e. The number of hydrogen-bond acceptors (Lipinski definition) is 5. The fourth-order valence-electron chi connectivity index (χ4n) is 3.04. The van der Waals surface area contributed by atoms with E-state index in [4.69, 9.17) is 16.0 Å². The molecular weight excluding hydrogens is 368 g/mol. The summed E-state index contributed by atoms with van der Waals surface area (Å²) in [6.07, 6.45) is 1.39. The fraction of sp³-hybridized carbons (Fsp3) is 0.150. The second kappa shape index (κ2) is 6.78. The maximum Gasteiger partial charge on any atom is 0.271 e. The third-order valence-corrected chi connectivity index (χ3v) is 4.68. The van der Waals surface area contributed by atoms with E-state index in [1.54, 1.807) is 31.2 Å². The summed E-state index contributed by atoms with van der Waals surface area (Å²) >= 11 is 6.01. The minimum atomic E-state index is -0.683. The van der Waals surface area contributed by atoms with Crippen molar-refractivity contribution in [2.45, 2.75) is 20.4 Å². The molecule has 0 radical (unpaired) electrons. The molecule has 0 spiro atoms. The number of aromatic hydroxyl groups is 1. The third kappa shape index (κ3) is 2.82. The highest BCUT2D eigenvalue weighted by molar-refractivity contribution is 6.31. The van der Waals surface area contributed by atoms with Crippen LogP contribution in [0, 0.1) is 25.2 Å². The van der Waals surface area contributed by atoms with Crippen molar-refractivity contribution in [3.8, 4) is 11.9 Å². The number of fused-ring (bicyclic) bond motifs is 1. The predicted octanol–water partition coefficient (Wildman–Crippen LogP) is 3.86. The van der Waals surface area contributed by atoms with Crippen molar-refractivity contribution in [1.82, 2.24) is 4.57 Å². The lowest BCUT2D eigenvalue weighted by molar-refractivity contribution is 0.101. The van der Waals surface area contributed by atoms with Crippen molar-refractivity contribution in [2.75, 3.05) is 0 Å². The number of hydrogen-bond donors (Lipinski definition) is 1. The van der Waals surface area contributed by atoms with Crippen LogP contribution >= 0.6 is 11.6 Å². The topological polar surface area (TPSA) is 96.2 Å². The van der Waals surface area contributed by atoms with Crippen LogP contribution in [-0.4, -0.2) is 15.5 Å². The number of aromatic nitrogens is 1. The van der Waals surface area contributed by atoms with Crippen LogP contribution in [0.3, 0.4) is 0 Å².